The van der Waals surface area contributed by atoms with Crippen molar-refractivity contribution in [2.75, 3.05) is 0 Å². The molecule has 0 aromatic carbocycles. The molecule has 0 heterocycles. The Morgan fingerprint density at radius 2 is 1.79 bits per heavy atom. The van der Waals surface area contributed by atoms with E-state index in [9.17, 15) is 17.4 Å². The predicted molar refractivity (Wildman–Crippen MR) is 46.2 cm³/mol. The molecule has 0 fully saturated rings. The average Bonchev–Trinajstić information content (AvgIpc) is 1.95. The molecule has 1 N–H and O–H groups in total. The van der Waals surface area contributed by atoms with Gasteiger partial charge in [0.15, 0.2) is 11.0 Å². The molecule has 0 aromatic heterocycles. The van der Waals surface area contributed by atoms with E-state index in [0.717, 1.165) is 0 Å². The minimum atomic E-state index is -4.83. The molecular formula is C7H11F3N2OS. The molecule has 0 aliphatic heterocycles. The summed E-state index contributed by atoms with van der Waals surface area (Å²) in [5.74, 6) is 0. The first-order valence-corrected chi connectivity index (χ1v) is 4.88. The highest BCUT2D eigenvalue weighted by molar-refractivity contribution is 7.83. The summed E-state index contributed by atoms with van der Waals surface area (Å²) in [5, 5.41) is 8.56. The summed E-state index contributed by atoms with van der Waals surface area (Å²) in [6.45, 7) is 4.75. The van der Waals surface area contributed by atoms with Crippen LogP contribution < -0.4 is 4.72 Å². The zero-order valence-electron chi connectivity index (χ0n) is 7.97. The minimum absolute atomic E-state index is 0.699. The van der Waals surface area contributed by atoms with Crippen LogP contribution in [-0.4, -0.2) is 15.8 Å². The first-order chi connectivity index (χ1) is 6.09. The summed E-state index contributed by atoms with van der Waals surface area (Å²) in [6.07, 6.45) is 0. The molecule has 0 saturated carbocycles. The van der Waals surface area contributed by atoms with E-state index in [-0.39, 0.29) is 0 Å². The number of nitrogens with zero attached hydrogens (tertiary/aromatic N) is 1. The van der Waals surface area contributed by atoms with Gasteiger partial charge in [0.2, 0.25) is 0 Å². The molecule has 3 nitrogen and oxygen atoms in total. The largest absolute Gasteiger partial charge is 0.485 e. The number of halogens is 3. The number of alkyl halides is 3. The monoisotopic (exact) mass is 228 g/mol. The van der Waals surface area contributed by atoms with Gasteiger partial charge in [-0.3, -0.25) is 0 Å². The van der Waals surface area contributed by atoms with Crippen molar-refractivity contribution >= 4 is 11.0 Å². The minimum Gasteiger partial charge on any atom is -0.233 e. The van der Waals surface area contributed by atoms with E-state index in [0.29, 0.717) is 0 Å². The Morgan fingerprint density at radius 3 is 2.00 bits per heavy atom. The highest BCUT2D eigenvalue weighted by atomic mass is 32.2. The molecule has 0 amide bonds. The van der Waals surface area contributed by atoms with Crippen molar-refractivity contribution in [3.05, 3.63) is 0 Å². The fourth-order valence-electron chi connectivity index (χ4n) is 0.571. The van der Waals surface area contributed by atoms with Gasteiger partial charge in [0.25, 0.3) is 0 Å². The molecule has 2 atom stereocenters. The van der Waals surface area contributed by atoms with Crippen LogP contribution >= 0.6 is 0 Å². The lowest BCUT2D eigenvalue weighted by Crippen LogP contribution is -2.44. The van der Waals surface area contributed by atoms with Crippen LogP contribution in [0.1, 0.15) is 20.8 Å². The van der Waals surface area contributed by atoms with E-state index < -0.39 is 28.0 Å². The van der Waals surface area contributed by atoms with Crippen LogP contribution in [0.25, 0.3) is 0 Å². The Balaban J connectivity index is 4.53. The van der Waals surface area contributed by atoms with Gasteiger partial charge >= 0.3 is 5.51 Å². The van der Waals surface area contributed by atoms with Gasteiger partial charge in [0, 0.05) is 0 Å². The molecule has 82 valence electrons. The predicted octanol–water partition coefficient (Wildman–Crippen LogP) is 1.70. The number of hydrogen-bond donors (Lipinski definition) is 1. The molecule has 0 spiro atoms. The standard InChI is InChI=1S/C7H11F3N2OS/c1-6(2,3)5(4-11)12-14(13)7(8,9)10/h5,12H,1-3H3/t5-,14+/m1/s1. The second-order valence-corrected chi connectivity index (χ2v) is 5.00. The SMILES string of the molecule is CC(C)(C)[C@@H](C#N)N[S@@](=O)C(F)(F)F. The van der Waals surface area contributed by atoms with Gasteiger partial charge < -0.3 is 0 Å². The van der Waals surface area contributed by atoms with Gasteiger partial charge in [-0.25, -0.2) is 8.93 Å². The molecule has 7 heteroatoms. The molecule has 14 heavy (non-hydrogen) atoms. The fourth-order valence-corrected chi connectivity index (χ4v) is 1.32. The first kappa shape index (κ1) is 13.4. The lowest BCUT2D eigenvalue weighted by atomic mass is 9.88. The molecule has 0 rings (SSSR count). The summed E-state index contributed by atoms with van der Waals surface area (Å²) in [7, 11) is -3.19. The van der Waals surface area contributed by atoms with Gasteiger partial charge in [0.1, 0.15) is 6.04 Å². The molecule has 0 bridgehead atoms. The summed E-state index contributed by atoms with van der Waals surface area (Å²) in [5.41, 5.74) is -5.53. The quantitative estimate of drug-likeness (QED) is 0.782. The molecule has 0 radical (unpaired) electrons. The second kappa shape index (κ2) is 4.28. The van der Waals surface area contributed by atoms with Crippen molar-refractivity contribution in [2.45, 2.75) is 32.3 Å². The highest BCUT2D eigenvalue weighted by Gasteiger charge is 2.40. The maximum Gasteiger partial charge on any atom is 0.485 e. The van der Waals surface area contributed by atoms with Crippen LogP contribution in [-0.2, 0) is 11.0 Å². The van der Waals surface area contributed by atoms with Crippen molar-refractivity contribution in [3.8, 4) is 6.07 Å². The van der Waals surface area contributed by atoms with Crippen molar-refractivity contribution in [3.63, 3.8) is 0 Å². The Bertz CT molecular complexity index is 264. The maximum atomic E-state index is 11.9. The summed E-state index contributed by atoms with van der Waals surface area (Å²) in [4.78, 5) is 0. The normalized spacial score (nSPS) is 17.2. The number of rotatable bonds is 2. The topological polar surface area (TPSA) is 52.9 Å². The third-order valence-electron chi connectivity index (χ3n) is 1.43. The Hall–Kier alpha value is -0.610. The average molecular weight is 228 g/mol. The second-order valence-electron chi connectivity index (χ2n) is 3.76. The Kier molecular flexibility index (Phi) is 4.09. The molecule has 0 aromatic rings. The van der Waals surface area contributed by atoms with Gasteiger partial charge in [-0.05, 0) is 5.41 Å². The lowest BCUT2D eigenvalue weighted by molar-refractivity contribution is -0.0398. The summed E-state index contributed by atoms with van der Waals surface area (Å²) >= 11 is 0. The van der Waals surface area contributed by atoms with Crippen molar-refractivity contribution in [1.82, 2.24) is 4.72 Å². The Labute approximate surface area is 82.9 Å². The molecule has 0 aliphatic rings. The van der Waals surface area contributed by atoms with Gasteiger partial charge in [-0.15, -0.1) is 0 Å². The van der Waals surface area contributed by atoms with Crippen LogP contribution in [0.4, 0.5) is 13.2 Å². The lowest BCUT2D eigenvalue weighted by Gasteiger charge is -2.25. The Morgan fingerprint density at radius 1 is 1.36 bits per heavy atom. The van der Waals surface area contributed by atoms with Crippen molar-refractivity contribution in [2.24, 2.45) is 5.41 Å². The first-order valence-electron chi connectivity index (χ1n) is 3.73. The number of nitrogens with one attached hydrogen (secondary N) is 1. The molecular weight excluding hydrogens is 217 g/mol. The van der Waals surface area contributed by atoms with E-state index in [4.69, 9.17) is 5.26 Å². The fraction of sp³-hybridized carbons (Fsp3) is 0.857. The van der Waals surface area contributed by atoms with Crippen molar-refractivity contribution in [1.29, 1.82) is 5.26 Å². The van der Waals surface area contributed by atoms with Crippen LogP contribution in [0.3, 0.4) is 0 Å². The highest BCUT2D eigenvalue weighted by Crippen LogP contribution is 2.23. The summed E-state index contributed by atoms with van der Waals surface area (Å²) < 4.78 is 47.9. The van der Waals surface area contributed by atoms with E-state index in [1.54, 1.807) is 31.6 Å². The summed E-state index contributed by atoms with van der Waals surface area (Å²) in [6, 6.07) is 0.534. The van der Waals surface area contributed by atoms with E-state index in [2.05, 4.69) is 0 Å². The van der Waals surface area contributed by atoms with E-state index >= 15 is 0 Å². The molecule has 0 aliphatic carbocycles. The van der Waals surface area contributed by atoms with Crippen molar-refractivity contribution < 1.29 is 17.4 Å². The smallest absolute Gasteiger partial charge is 0.233 e. The number of nitriles is 1. The van der Waals surface area contributed by atoms with E-state index in [1.807, 2.05) is 0 Å². The number of hydrogen-bond acceptors (Lipinski definition) is 2. The van der Waals surface area contributed by atoms with E-state index in [1.165, 1.54) is 0 Å². The third kappa shape index (κ3) is 4.07. The zero-order valence-corrected chi connectivity index (χ0v) is 8.79. The molecule has 0 unspecified atom stereocenters. The van der Waals surface area contributed by atoms with Gasteiger partial charge in [0.05, 0.1) is 6.07 Å². The van der Waals surface area contributed by atoms with Crippen LogP contribution in [0.15, 0.2) is 0 Å². The van der Waals surface area contributed by atoms with Crippen LogP contribution in [0, 0.1) is 16.7 Å². The van der Waals surface area contributed by atoms with Crippen LogP contribution in [0.2, 0.25) is 0 Å². The van der Waals surface area contributed by atoms with Gasteiger partial charge in [-0.1, -0.05) is 20.8 Å². The zero-order chi connectivity index (χ0) is 11.6. The maximum absolute atomic E-state index is 11.9. The van der Waals surface area contributed by atoms with Gasteiger partial charge in [-0.2, -0.15) is 18.4 Å². The third-order valence-corrected chi connectivity index (χ3v) is 2.30. The molecule has 0 saturated heterocycles. The van der Waals surface area contributed by atoms with Crippen LogP contribution in [0.5, 0.6) is 0 Å².